The van der Waals surface area contributed by atoms with Gasteiger partial charge in [-0.25, -0.2) is 0 Å². The molecule has 0 radical (unpaired) electrons. The summed E-state index contributed by atoms with van der Waals surface area (Å²) in [5.74, 6) is 0.107. The molecule has 0 bridgehead atoms. The van der Waals surface area contributed by atoms with Crippen molar-refractivity contribution in [2.75, 3.05) is 19.6 Å². The van der Waals surface area contributed by atoms with E-state index in [0.29, 0.717) is 5.92 Å². The summed E-state index contributed by atoms with van der Waals surface area (Å²) in [5, 5.41) is 3.37. The highest BCUT2D eigenvalue weighted by molar-refractivity contribution is 5.88. The topological polar surface area (TPSA) is 75.4 Å². The monoisotopic (exact) mass is 303 g/mol. The van der Waals surface area contributed by atoms with E-state index in [1.165, 1.54) is 6.42 Å². The van der Waals surface area contributed by atoms with Gasteiger partial charge in [0.15, 0.2) is 0 Å². The molecule has 1 saturated heterocycles. The second-order valence-electron chi connectivity index (χ2n) is 6.22. The van der Waals surface area contributed by atoms with Crippen molar-refractivity contribution < 1.29 is 9.59 Å². The molecule has 2 rings (SSSR count). The highest BCUT2D eigenvalue weighted by Gasteiger charge is 2.51. The van der Waals surface area contributed by atoms with Gasteiger partial charge in [0.05, 0.1) is 12.0 Å². The first-order valence-corrected chi connectivity index (χ1v) is 7.27. The molecule has 3 N–H and O–H groups in total. The molecule has 0 spiro atoms. The zero-order chi connectivity index (χ0) is 14.0. The van der Waals surface area contributed by atoms with E-state index >= 15 is 0 Å². The number of amides is 2. The van der Waals surface area contributed by atoms with E-state index in [2.05, 4.69) is 5.32 Å². The maximum atomic E-state index is 13.0. The van der Waals surface area contributed by atoms with Gasteiger partial charge in [0.25, 0.3) is 0 Å². The summed E-state index contributed by atoms with van der Waals surface area (Å²) < 4.78 is 0. The fourth-order valence-electron chi connectivity index (χ4n) is 3.61. The first-order chi connectivity index (χ1) is 8.97. The Morgan fingerprint density at radius 2 is 2.10 bits per heavy atom. The number of nitrogens with zero attached hydrogens (tertiary/aromatic N) is 1. The van der Waals surface area contributed by atoms with Crippen molar-refractivity contribution in [2.24, 2.45) is 17.1 Å². The fourth-order valence-corrected chi connectivity index (χ4v) is 3.61. The van der Waals surface area contributed by atoms with Crippen LogP contribution in [0.2, 0.25) is 0 Å². The van der Waals surface area contributed by atoms with Gasteiger partial charge in [0.2, 0.25) is 11.8 Å². The summed E-state index contributed by atoms with van der Waals surface area (Å²) in [6.45, 7) is 5.59. The van der Waals surface area contributed by atoms with E-state index in [1.54, 1.807) is 4.90 Å². The lowest BCUT2D eigenvalue weighted by atomic mass is 9.67. The first-order valence-electron chi connectivity index (χ1n) is 7.27. The van der Waals surface area contributed by atoms with Gasteiger partial charge in [0, 0.05) is 12.6 Å². The molecule has 0 aromatic heterocycles. The Labute approximate surface area is 127 Å². The summed E-state index contributed by atoms with van der Waals surface area (Å²) in [7, 11) is 0. The molecule has 1 aliphatic carbocycles. The predicted octanol–water partition coefficient (Wildman–Crippen LogP) is 0.910. The number of hydrogen-bond donors (Lipinski definition) is 2. The van der Waals surface area contributed by atoms with Crippen LogP contribution in [0.1, 0.15) is 39.5 Å². The maximum Gasteiger partial charge on any atom is 0.237 e. The average molecular weight is 304 g/mol. The lowest BCUT2D eigenvalue weighted by Crippen LogP contribution is -2.53. The molecule has 1 aliphatic heterocycles. The number of primary amides is 1. The summed E-state index contributed by atoms with van der Waals surface area (Å²) in [5.41, 5.74) is 4.99. The first kappa shape index (κ1) is 17.2. The van der Waals surface area contributed by atoms with Crippen molar-refractivity contribution in [3.63, 3.8) is 0 Å². The second-order valence-corrected chi connectivity index (χ2v) is 6.22. The standard InChI is InChI=1S/C14H25N3O2.ClH/c1-10(2)17(8-12(15)18)13(19)14-6-4-3-5-11(14)7-16-9-14;/h10-11,16H,3-9H2,1-2H3,(H2,15,18);1H/t11-,14+;/m0./s1. The number of rotatable bonds is 4. The normalized spacial score (nSPS) is 28.6. The fraction of sp³-hybridized carbons (Fsp3) is 0.857. The van der Waals surface area contributed by atoms with E-state index in [9.17, 15) is 9.59 Å². The van der Waals surface area contributed by atoms with E-state index in [0.717, 1.165) is 32.4 Å². The van der Waals surface area contributed by atoms with Crippen LogP contribution in [0.25, 0.3) is 0 Å². The van der Waals surface area contributed by atoms with Crippen molar-refractivity contribution >= 4 is 24.2 Å². The Hall–Kier alpha value is -0.810. The van der Waals surface area contributed by atoms with Crippen molar-refractivity contribution in [2.45, 2.75) is 45.6 Å². The number of carbonyl (C=O) groups is 2. The molecule has 0 aromatic rings. The zero-order valence-electron chi connectivity index (χ0n) is 12.4. The minimum Gasteiger partial charge on any atom is -0.368 e. The van der Waals surface area contributed by atoms with Crippen molar-refractivity contribution in [1.29, 1.82) is 0 Å². The third-order valence-electron chi connectivity index (χ3n) is 4.67. The summed E-state index contributed by atoms with van der Waals surface area (Å²) >= 11 is 0. The lowest BCUT2D eigenvalue weighted by Gasteiger charge is -2.41. The summed E-state index contributed by atoms with van der Waals surface area (Å²) in [4.78, 5) is 25.8. The molecule has 116 valence electrons. The molecule has 20 heavy (non-hydrogen) atoms. The molecule has 0 unspecified atom stereocenters. The summed E-state index contributed by atoms with van der Waals surface area (Å²) in [6, 6.07) is 0.0116. The van der Waals surface area contributed by atoms with Crippen LogP contribution in [0.15, 0.2) is 0 Å². The number of hydrogen-bond acceptors (Lipinski definition) is 3. The van der Waals surface area contributed by atoms with Crippen LogP contribution >= 0.6 is 12.4 Å². The Kier molecular flexibility index (Phi) is 5.83. The molecule has 2 amide bonds. The number of carbonyl (C=O) groups excluding carboxylic acids is 2. The number of nitrogens with two attached hydrogens (primary N) is 1. The van der Waals surface area contributed by atoms with Crippen LogP contribution < -0.4 is 11.1 Å². The number of nitrogens with one attached hydrogen (secondary N) is 1. The van der Waals surface area contributed by atoms with Gasteiger partial charge in [0.1, 0.15) is 0 Å². The molecule has 5 nitrogen and oxygen atoms in total. The highest BCUT2D eigenvalue weighted by Crippen LogP contribution is 2.45. The largest absolute Gasteiger partial charge is 0.368 e. The average Bonchev–Trinajstić information content (AvgIpc) is 2.79. The highest BCUT2D eigenvalue weighted by atomic mass is 35.5. The molecule has 1 saturated carbocycles. The quantitative estimate of drug-likeness (QED) is 0.810. The predicted molar refractivity (Wildman–Crippen MR) is 80.6 cm³/mol. The molecule has 6 heteroatoms. The number of fused-ring (bicyclic) bond motifs is 1. The third-order valence-corrected chi connectivity index (χ3v) is 4.67. The third kappa shape index (κ3) is 3.09. The lowest BCUT2D eigenvalue weighted by molar-refractivity contribution is -0.149. The minimum absolute atomic E-state index is 0. The van der Waals surface area contributed by atoms with E-state index in [1.807, 2.05) is 13.8 Å². The Bertz CT molecular complexity index is 375. The minimum atomic E-state index is -0.434. The Morgan fingerprint density at radius 3 is 2.70 bits per heavy atom. The van der Waals surface area contributed by atoms with Crippen molar-refractivity contribution in [3.05, 3.63) is 0 Å². The maximum absolute atomic E-state index is 13.0. The van der Waals surface area contributed by atoms with Crippen LogP contribution in [0.5, 0.6) is 0 Å². The molecular formula is C14H26ClN3O2. The Balaban J connectivity index is 0.00000200. The molecule has 2 atom stereocenters. The van der Waals surface area contributed by atoms with Gasteiger partial charge in [-0.1, -0.05) is 12.8 Å². The second kappa shape index (κ2) is 6.76. The van der Waals surface area contributed by atoms with Gasteiger partial charge < -0.3 is 16.0 Å². The van der Waals surface area contributed by atoms with Gasteiger partial charge in [-0.2, -0.15) is 0 Å². The van der Waals surface area contributed by atoms with Crippen LogP contribution in [0.3, 0.4) is 0 Å². The van der Waals surface area contributed by atoms with E-state index < -0.39 is 5.91 Å². The summed E-state index contributed by atoms with van der Waals surface area (Å²) in [6.07, 6.45) is 4.36. The van der Waals surface area contributed by atoms with E-state index in [-0.39, 0.29) is 36.3 Å². The van der Waals surface area contributed by atoms with Crippen LogP contribution in [-0.2, 0) is 9.59 Å². The smallest absolute Gasteiger partial charge is 0.237 e. The van der Waals surface area contributed by atoms with Gasteiger partial charge >= 0.3 is 0 Å². The van der Waals surface area contributed by atoms with Crippen LogP contribution in [0, 0.1) is 11.3 Å². The van der Waals surface area contributed by atoms with Crippen molar-refractivity contribution in [1.82, 2.24) is 10.2 Å². The van der Waals surface area contributed by atoms with Gasteiger partial charge in [-0.3, -0.25) is 9.59 Å². The molecular weight excluding hydrogens is 278 g/mol. The molecule has 0 aromatic carbocycles. The van der Waals surface area contributed by atoms with Crippen molar-refractivity contribution in [3.8, 4) is 0 Å². The SMILES string of the molecule is CC(C)N(CC(N)=O)C(=O)[C@@]12CCCC[C@H]1CNC2.Cl. The molecule has 2 fully saturated rings. The van der Waals surface area contributed by atoms with Crippen LogP contribution in [0.4, 0.5) is 0 Å². The van der Waals surface area contributed by atoms with E-state index in [4.69, 9.17) is 5.73 Å². The molecule has 1 heterocycles. The van der Waals surface area contributed by atoms with Gasteiger partial charge in [-0.15, -0.1) is 12.4 Å². The zero-order valence-corrected chi connectivity index (χ0v) is 13.2. The molecule has 2 aliphatic rings. The van der Waals surface area contributed by atoms with Crippen LogP contribution in [-0.4, -0.2) is 42.4 Å². The number of halogens is 1. The van der Waals surface area contributed by atoms with Gasteiger partial charge in [-0.05, 0) is 39.2 Å². The Morgan fingerprint density at radius 1 is 1.40 bits per heavy atom.